The van der Waals surface area contributed by atoms with Gasteiger partial charge in [0.1, 0.15) is 0 Å². The van der Waals surface area contributed by atoms with Crippen LogP contribution in [0.2, 0.25) is 5.04 Å². The largest absolute Gasteiger partial charge is 0.407 e. The fraction of sp³-hybridized carbons (Fsp3) is 0.429. The lowest BCUT2D eigenvalue weighted by Gasteiger charge is -2.43. The van der Waals surface area contributed by atoms with Crippen LogP contribution < -0.4 is 10.4 Å². The van der Waals surface area contributed by atoms with Crippen molar-refractivity contribution in [3.63, 3.8) is 0 Å². The van der Waals surface area contributed by atoms with Gasteiger partial charge in [-0.3, -0.25) is 0 Å². The molecule has 0 spiro atoms. The van der Waals surface area contributed by atoms with E-state index in [1.165, 1.54) is 10.4 Å². The average molecular weight is 377 g/mol. The van der Waals surface area contributed by atoms with E-state index in [0.717, 1.165) is 0 Å². The first-order valence-electron chi connectivity index (χ1n) is 8.83. The highest BCUT2D eigenvalue weighted by atomic mass is 35.5. The van der Waals surface area contributed by atoms with Crippen LogP contribution in [0.5, 0.6) is 0 Å². The van der Waals surface area contributed by atoms with E-state index in [2.05, 4.69) is 69.3 Å². The molecule has 0 aromatic heterocycles. The van der Waals surface area contributed by atoms with Gasteiger partial charge >= 0.3 is 0 Å². The van der Waals surface area contributed by atoms with E-state index in [1.807, 2.05) is 19.1 Å². The summed E-state index contributed by atoms with van der Waals surface area (Å²) in [6.07, 6.45) is 0. The van der Waals surface area contributed by atoms with Crippen LogP contribution in [0.3, 0.4) is 0 Å². The first-order valence-corrected chi connectivity index (χ1v) is 11.2. The third-order valence-electron chi connectivity index (χ3n) is 4.77. The van der Waals surface area contributed by atoms with Crippen molar-refractivity contribution in [2.24, 2.45) is 5.92 Å². The van der Waals surface area contributed by atoms with Gasteiger partial charge in [0.15, 0.2) is 0 Å². The van der Waals surface area contributed by atoms with Crippen molar-refractivity contribution in [2.45, 2.75) is 38.1 Å². The summed E-state index contributed by atoms with van der Waals surface area (Å²) >= 11 is 6.24. The van der Waals surface area contributed by atoms with Crippen molar-refractivity contribution >= 4 is 30.3 Å². The Hall–Kier alpha value is -1.13. The van der Waals surface area contributed by atoms with Crippen molar-refractivity contribution in [3.8, 4) is 0 Å². The summed E-state index contributed by atoms with van der Waals surface area (Å²) in [5, 5.41) is 11.5. The number of aliphatic hydroxyl groups excluding tert-OH is 1. The minimum absolute atomic E-state index is 0.0349. The lowest BCUT2D eigenvalue weighted by molar-refractivity contribution is 0.204. The van der Waals surface area contributed by atoms with E-state index in [0.29, 0.717) is 6.61 Å². The van der Waals surface area contributed by atoms with Gasteiger partial charge in [-0.25, -0.2) is 0 Å². The highest BCUT2D eigenvalue weighted by Crippen LogP contribution is 2.37. The second-order valence-electron chi connectivity index (χ2n) is 7.65. The Labute approximate surface area is 157 Å². The summed E-state index contributed by atoms with van der Waals surface area (Å²) in [5.41, 5.74) is 0. The molecule has 4 heteroatoms. The molecular formula is C21H29ClO2Si. The molecule has 0 saturated heterocycles. The van der Waals surface area contributed by atoms with E-state index in [-0.39, 0.29) is 22.9 Å². The molecule has 2 atom stereocenters. The fourth-order valence-corrected chi connectivity index (χ4v) is 8.04. The SMILES string of the molecule is C[C@H](CO[Si](c1ccccc1)(c1ccccc1)C(C)(C)C)[C@H](Cl)CO. The van der Waals surface area contributed by atoms with Gasteiger partial charge in [-0.15, -0.1) is 11.6 Å². The summed E-state index contributed by atoms with van der Waals surface area (Å²) in [6.45, 7) is 9.30. The lowest BCUT2D eigenvalue weighted by Crippen LogP contribution is -2.67. The molecule has 0 bridgehead atoms. The van der Waals surface area contributed by atoms with Crippen molar-refractivity contribution in [1.29, 1.82) is 0 Å². The summed E-state index contributed by atoms with van der Waals surface area (Å²) in [4.78, 5) is 0. The van der Waals surface area contributed by atoms with Gasteiger partial charge in [0.25, 0.3) is 8.32 Å². The van der Waals surface area contributed by atoms with Crippen molar-refractivity contribution < 1.29 is 9.53 Å². The highest BCUT2D eigenvalue weighted by molar-refractivity contribution is 6.99. The number of benzene rings is 2. The van der Waals surface area contributed by atoms with Crippen LogP contribution in [0.4, 0.5) is 0 Å². The molecule has 0 saturated carbocycles. The summed E-state index contributed by atoms with van der Waals surface area (Å²) in [7, 11) is -2.51. The standard InChI is InChI=1S/C21H29ClO2Si/c1-17(20(22)15-23)16-24-25(21(2,3)4,18-11-7-5-8-12-18)19-13-9-6-10-14-19/h5-14,17,20,23H,15-16H2,1-4H3/t17-,20-/m1/s1. The zero-order valence-corrected chi connectivity index (χ0v) is 17.3. The van der Waals surface area contributed by atoms with Gasteiger partial charge in [-0.05, 0) is 21.3 Å². The van der Waals surface area contributed by atoms with Gasteiger partial charge in [0, 0.05) is 6.61 Å². The first-order chi connectivity index (χ1) is 11.8. The number of hydrogen-bond donors (Lipinski definition) is 1. The van der Waals surface area contributed by atoms with Crippen LogP contribution in [-0.4, -0.2) is 32.0 Å². The number of halogens is 1. The first kappa shape index (κ1) is 20.2. The summed E-state index contributed by atoms with van der Waals surface area (Å²) < 4.78 is 6.79. The minimum Gasteiger partial charge on any atom is -0.407 e. The maximum absolute atomic E-state index is 9.35. The molecule has 0 amide bonds. The maximum Gasteiger partial charge on any atom is 0.261 e. The van der Waals surface area contributed by atoms with Crippen LogP contribution in [-0.2, 0) is 4.43 Å². The van der Waals surface area contributed by atoms with Crippen LogP contribution in [0.25, 0.3) is 0 Å². The average Bonchev–Trinajstić information content (AvgIpc) is 2.62. The molecule has 25 heavy (non-hydrogen) atoms. The monoisotopic (exact) mass is 376 g/mol. The molecule has 0 fully saturated rings. The predicted octanol–water partition coefficient (Wildman–Crippen LogP) is 3.80. The molecule has 0 aliphatic rings. The van der Waals surface area contributed by atoms with E-state index in [4.69, 9.17) is 16.0 Å². The van der Waals surface area contributed by atoms with Gasteiger partial charge in [0.2, 0.25) is 0 Å². The second kappa shape index (κ2) is 8.50. The van der Waals surface area contributed by atoms with Crippen LogP contribution in [0, 0.1) is 5.92 Å². The molecule has 0 aliphatic heterocycles. The van der Waals surface area contributed by atoms with Crippen LogP contribution >= 0.6 is 11.6 Å². The molecular weight excluding hydrogens is 348 g/mol. The Morgan fingerprint density at radius 1 is 0.960 bits per heavy atom. The smallest absolute Gasteiger partial charge is 0.261 e. The molecule has 0 unspecified atom stereocenters. The predicted molar refractivity (Wildman–Crippen MR) is 109 cm³/mol. The second-order valence-corrected chi connectivity index (χ2v) is 12.5. The molecule has 2 aromatic carbocycles. The maximum atomic E-state index is 9.35. The molecule has 0 radical (unpaired) electrons. The van der Waals surface area contributed by atoms with E-state index in [9.17, 15) is 5.11 Å². The number of rotatable bonds is 7. The molecule has 2 aromatic rings. The quantitative estimate of drug-likeness (QED) is 0.588. The third-order valence-corrected chi connectivity index (χ3v) is 10.3. The van der Waals surface area contributed by atoms with Crippen molar-refractivity contribution in [3.05, 3.63) is 60.7 Å². The summed E-state index contributed by atoms with van der Waals surface area (Å²) in [5.74, 6) is 0.0771. The van der Waals surface area contributed by atoms with Crippen LogP contribution in [0.1, 0.15) is 27.7 Å². The Morgan fingerprint density at radius 2 is 1.40 bits per heavy atom. The summed E-state index contributed by atoms with van der Waals surface area (Å²) in [6, 6.07) is 21.1. The third kappa shape index (κ3) is 4.35. The van der Waals surface area contributed by atoms with E-state index < -0.39 is 8.32 Å². The lowest BCUT2D eigenvalue weighted by atomic mass is 10.1. The van der Waals surface area contributed by atoms with E-state index in [1.54, 1.807) is 0 Å². The molecule has 2 nitrogen and oxygen atoms in total. The molecule has 2 rings (SSSR count). The topological polar surface area (TPSA) is 29.5 Å². The van der Waals surface area contributed by atoms with Crippen molar-refractivity contribution in [1.82, 2.24) is 0 Å². The van der Waals surface area contributed by atoms with Crippen molar-refractivity contribution in [2.75, 3.05) is 13.2 Å². The molecule has 136 valence electrons. The Kier molecular flexibility index (Phi) is 6.86. The Morgan fingerprint density at radius 3 is 1.76 bits per heavy atom. The van der Waals surface area contributed by atoms with Gasteiger partial charge in [0.05, 0.1) is 12.0 Å². The zero-order valence-electron chi connectivity index (χ0n) is 15.6. The highest BCUT2D eigenvalue weighted by Gasteiger charge is 2.50. The number of aliphatic hydroxyl groups is 1. The minimum atomic E-state index is -2.51. The normalized spacial score (nSPS) is 15.0. The van der Waals surface area contributed by atoms with Gasteiger partial charge in [-0.2, -0.15) is 0 Å². The molecule has 0 aliphatic carbocycles. The van der Waals surface area contributed by atoms with Gasteiger partial charge < -0.3 is 9.53 Å². The number of alkyl halides is 1. The molecule has 0 heterocycles. The number of hydrogen-bond acceptors (Lipinski definition) is 2. The van der Waals surface area contributed by atoms with Crippen LogP contribution in [0.15, 0.2) is 60.7 Å². The van der Waals surface area contributed by atoms with Gasteiger partial charge in [-0.1, -0.05) is 88.4 Å². The Balaban J connectivity index is 2.53. The Bertz CT molecular complexity index is 600. The fourth-order valence-electron chi connectivity index (χ4n) is 3.30. The zero-order chi connectivity index (χ0) is 18.5. The molecule has 1 N–H and O–H groups in total. The van der Waals surface area contributed by atoms with E-state index >= 15 is 0 Å².